The van der Waals surface area contributed by atoms with Gasteiger partial charge in [-0.05, 0) is 92.8 Å². The SMILES string of the molecule is CCCCCCOC(=O)CN1CCC(C(C)CCN(C)C(=O)[C@@H](Cc2cc(Cl)c(N)c(C(F)(F)F)c2)OC(=O)N2CCC(N3Cc4ccccc4NC3=O)CC2)CC1. The summed E-state index contributed by atoms with van der Waals surface area (Å²) in [5.41, 5.74) is 5.72. The van der Waals surface area contributed by atoms with Gasteiger partial charge in [-0.2, -0.15) is 13.2 Å². The number of nitrogens with one attached hydrogen (secondary N) is 1. The molecule has 4 amide bonds. The molecule has 2 fully saturated rings. The molecule has 0 radical (unpaired) electrons. The van der Waals surface area contributed by atoms with Crippen molar-refractivity contribution in [2.45, 2.75) is 103 Å². The number of piperidine rings is 2. The zero-order valence-electron chi connectivity index (χ0n) is 33.8. The van der Waals surface area contributed by atoms with E-state index in [9.17, 15) is 32.3 Å². The fourth-order valence-corrected chi connectivity index (χ4v) is 8.35. The van der Waals surface area contributed by atoms with E-state index in [1.807, 2.05) is 24.3 Å². The third kappa shape index (κ3) is 12.2. The second-order valence-corrected chi connectivity index (χ2v) is 16.4. The molecule has 0 spiro atoms. The predicted molar refractivity (Wildman–Crippen MR) is 216 cm³/mol. The Morgan fingerprint density at radius 2 is 1.74 bits per heavy atom. The zero-order valence-corrected chi connectivity index (χ0v) is 34.6. The molecular formula is C42H58ClF3N6O6. The second kappa shape index (κ2) is 20.6. The van der Waals surface area contributed by atoms with Gasteiger partial charge >= 0.3 is 24.3 Å². The number of hydrogen-bond donors (Lipinski definition) is 2. The molecule has 3 heterocycles. The van der Waals surface area contributed by atoms with E-state index in [2.05, 4.69) is 24.1 Å². The van der Waals surface area contributed by atoms with Crippen LogP contribution in [0.4, 0.5) is 34.1 Å². The van der Waals surface area contributed by atoms with Crippen molar-refractivity contribution in [2.24, 2.45) is 11.8 Å². The van der Waals surface area contributed by atoms with E-state index in [1.54, 1.807) is 11.9 Å². The van der Waals surface area contributed by atoms with Crippen LogP contribution in [0.15, 0.2) is 36.4 Å². The van der Waals surface area contributed by atoms with Crippen LogP contribution in [0, 0.1) is 11.8 Å². The molecule has 0 aliphatic carbocycles. The number of carbonyl (C=O) groups excluding carboxylic acids is 4. The molecular weight excluding hydrogens is 777 g/mol. The lowest BCUT2D eigenvalue weighted by Gasteiger charge is -2.40. The maximum absolute atomic E-state index is 14.0. The summed E-state index contributed by atoms with van der Waals surface area (Å²) >= 11 is 6.13. The number of hydrogen-bond acceptors (Lipinski definition) is 8. The molecule has 2 atom stereocenters. The molecule has 3 aliphatic heterocycles. The number of anilines is 2. The number of esters is 1. The van der Waals surface area contributed by atoms with Crippen molar-refractivity contribution in [3.8, 4) is 0 Å². The smallest absolute Gasteiger partial charge is 0.418 e. The summed E-state index contributed by atoms with van der Waals surface area (Å²) in [5.74, 6) is -0.129. The molecule has 5 rings (SSSR count). The second-order valence-electron chi connectivity index (χ2n) is 16.0. The van der Waals surface area contributed by atoms with Crippen LogP contribution in [-0.4, -0.2) is 109 Å². The van der Waals surface area contributed by atoms with Crippen LogP contribution in [0.2, 0.25) is 5.02 Å². The number of carbonyl (C=O) groups is 4. The lowest BCUT2D eigenvalue weighted by Crippen LogP contribution is -2.52. The number of likely N-dealkylation sites (tertiary alicyclic amines) is 2. The molecule has 58 heavy (non-hydrogen) atoms. The molecule has 3 N–H and O–H groups in total. The fraction of sp³-hybridized carbons (Fsp3) is 0.619. The summed E-state index contributed by atoms with van der Waals surface area (Å²) in [6, 6.07) is 9.33. The number of unbranched alkanes of at least 4 members (excludes halogenated alkanes) is 3. The van der Waals surface area contributed by atoms with Gasteiger partial charge in [0, 0.05) is 51.4 Å². The zero-order chi connectivity index (χ0) is 42.0. The van der Waals surface area contributed by atoms with Crippen molar-refractivity contribution in [3.05, 3.63) is 58.1 Å². The molecule has 2 saturated heterocycles. The van der Waals surface area contributed by atoms with E-state index in [0.29, 0.717) is 44.9 Å². The van der Waals surface area contributed by atoms with Gasteiger partial charge in [0.1, 0.15) is 0 Å². The molecule has 0 bridgehead atoms. The molecule has 2 aromatic carbocycles. The average molecular weight is 835 g/mol. The van der Waals surface area contributed by atoms with Crippen molar-refractivity contribution >= 4 is 47.0 Å². The molecule has 320 valence electrons. The Morgan fingerprint density at radius 1 is 1.03 bits per heavy atom. The van der Waals surface area contributed by atoms with E-state index in [-0.39, 0.29) is 60.6 Å². The van der Waals surface area contributed by atoms with Gasteiger partial charge in [0.15, 0.2) is 6.10 Å². The van der Waals surface area contributed by atoms with Crippen LogP contribution in [0.3, 0.4) is 0 Å². The lowest BCUT2D eigenvalue weighted by atomic mass is 9.83. The minimum atomic E-state index is -4.79. The Hall–Kier alpha value is -4.24. The van der Waals surface area contributed by atoms with Crippen molar-refractivity contribution in [2.75, 3.05) is 64.0 Å². The number of para-hydroxylation sites is 1. The van der Waals surface area contributed by atoms with E-state index >= 15 is 0 Å². The summed E-state index contributed by atoms with van der Waals surface area (Å²) in [7, 11) is 1.59. The number of rotatable bonds is 16. The molecule has 0 aromatic heterocycles. The van der Waals surface area contributed by atoms with E-state index in [4.69, 9.17) is 26.8 Å². The van der Waals surface area contributed by atoms with Gasteiger partial charge in [-0.25, -0.2) is 9.59 Å². The quantitative estimate of drug-likeness (QED) is 0.0993. The fourth-order valence-electron chi connectivity index (χ4n) is 8.11. The number of fused-ring (bicyclic) bond motifs is 1. The number of ether oxygens (including phenoxy) is 2. The van der Waals surface area contributed by atoms with Crippen LogP contribution < -0.4 is 11.1 Å². The first-order chi connectivity index (χ1) is 27.6. The highest BCUT2D eigenvalue weighted by molar-refractivity contribution is 6.33. The number of nitrogens with zero attached hydrogens (tertiary/aromatic N) is 4. The summed E-state index contributed by atoms with van der Waals surface area (Å²) in [6.07, 6.45) is 0.242. The Morgan fingerprint density at radius 3 is 2.43 bits per heavy atom. The molecule has 2 aromatic rings. The number of benzene rings is 2. The Labute approximate surface area is 344 Å². The molecule has 1 unspecified atom stereocenters. The van der Waals surface area contributed by atoms with Crippen molar-refractivity contribution in [3.63, 3.8) is 0 Å². The third-order valence-electron chi connectivity index (χ3n) is 11.8. The van der Waals surface area contributed by atoms with E-state index < -0.39 is 35.5 Å². The number of amides is 4. The number of halogens is 4. The van der Waals surface area contributed by atoms with Crippen LogP contribution in [0.5, 0.6) is 0 Å². The standard InChI is InChI=1S/C42H58ClF3N6O6/c1-4-5-6-9-22-57-37(53)27-50-18-13-30(14-19-50)28(2)12-17-49(3)39(54)36(25-29-23-33(42(44,45)46)38(47)34(43)24-29)58-41(56)51-20-15-32(16-21-51)52-26-31-10-7-8-11-35(31)48-40(52)55/h7-8,10-11,23-24,28,30,32,36H,4-6,9,12-22,25-27,47H2,1-3H3,(H,48,55)/t28?,36-/m1/s1. The van der Waals surface area contributed by atoms with Gasteiger partial charge < -0.3 is 35.2 Å². The van der Waals surface area contributed by atoms with Gasteiger partial charge in [-0.15, -0.1) is 0 Å². The number of likely N-dealkylation sites (N-methyl/N-ethyl adjacent to an activating group) is 1. The van der Waals surface area contributed by atoms with Gasteiger partial charge in [0.25, 0.3) is 5.91 Å². The maximum Gasteiger partial charge on any atom is 0.418 e. The van der Waals surface area contributed by atoms with Crippen molar-refractivity contribution in [1.29, 1.82) is 0 Å². The highest BCUT2D eigenvalue weighted by Gasteiger charge is 2.37. The van der Waals surface area contributed by atoms with Gasteiger partial charge in [-0.1, -0.05) is 62.9 Å². The first-order valence-corrected chi connectivity index (χ1v) is 20.9. The Bertz CT molecular complexity index is 1730. The van der Waals surface area contributed by atoms with Gasteiger partial charge in [0.2, 0.25) is 0 Å². The van der Waals surface area contributed by atoms with Crippen LogP contribution in [-0.2, 0) is 38.2 Å². The van der Waals surface area contributed by atoms with Crippen LogP contribution in [0.1, 0.15) is 88.3 Å². The Kier molecular flexibility index (Phi) is 16.0. The molecule has 12 nitrogen and oxygen atoms in total. The van der Waals surface area contributed by atoms with Crippen LogP contribution in [0.25, 0.3) is 0 Å². The Balaban J connectivity index is 1.17. The van der Waals surface area contributed by atoms with E-state index in [1.165, 1.54) is 15.9 Å². The average Bonchev–Trinajstić information content (AvgIpc) is 3.20. The highest BCUT2D eigenvalue weighted by Crippen LogP contribution is 2.38. The van der Waals surface area contributed by atoms with Crippen molar-refractivity contribution < 1.29 is 41.8 Å². The normalized spacial score (nSPS) is 17.9. The lowest BCUT2D eigenvalue weighted by molar-refractivity contribution is -0.145. The molecule has 0 saturated carbocycles. The summed E-state index contributed by atoms with van der Waals surface area (Å²) in [6.45, 7) is 7.83. The number of urea groups is 1. The van der Waals surface area contributed by atoms with Crippen molar-refractivity contribution in [1.82, 2.24) is 19.6 Å². The van der Waals surface area contributed by atoms with Crippen LogP contribution >= 0.6 is 11.6 Å². The first-order valence-electron chi connectivity index (χ1n) is 20.5. The van der Waals surface area contributed by atoms with Gasteiger partial charge in [-0.3, -0.25) is 14.5 Å². The van der Waals surface area contributed by atoms with E-state index in [0.717, 1.165) is 68.9 Å². The number of nitrogen functional groups attached to an aromatic ring is 1. The first kappa shape index (κ1) is 44.9. The highest BCUT2D eigenvalue weighted by atomic mass is 35.5. The largest absolute Gasteiger partial charge is 0.465 e. The maximum atomic E-state index is 14.0. The minimum absolute atomic E-state index is 0.0432. The summed E-state index contributed by atoms with van der Waals surface area (Å²) < 4.78 is 52.9. The molecule has 3 aliphatic rings. The summed E-state index contributed by atoms with van der Waals surface area (Å²) in [5, 5.41) is 2.60. The minimum Gasteiger partial charge on any atom is -0.465 e. The predicted octanol–water partition coefficient (Wildman–Crippen LogP) is 7.82. The topological polar surface area (TPSA) is 138 Å². The van der Waals surface area contributed by atoms with Gasteiger partial charge in [0.05, 0.1) is 29.4 Å². The monoisotopic (exact) mass is 834 g/mol. The third-order valence-corrected chi connectivity index (χ3v) is 12.1. The molecule has 16 heteroatoms. The number of alkyl halides is 3. The number of nitrogens with two attached hydrogens (primary N) is 1. The summed E-state index contributed by atoms with van der Waals surface area (Å²) in [4.78, 5) is 59.7.